The van der Waals surface area contributed by atoms with E-state index in [2.05, 4.69) is 20.8 Å². The SMILES string of the molecule is CCCCCCCCCCCCCCCCCCCCCCCCCCCCCCCCC(=O)OCC(COC(=O)CCCCCCCCCCC)OC(=O)CCCCCCCCCCCCCCCCCCCCCCC. The second-order valence-electron chi connectivity index (χ2n) is 24.9. The normalized spacial score (nSPS) is 11.9. The molecule has 6 heteroatoms. The first-order chi connectivity index (χ1) is 38.5. The summed E-state index contributed by atoms with van der Waals surface area (Å²) >= 11 is 0. The highest BCUT2D eigenvalue weighted by atomic mass is 16.6. The van der Waals surface area contributed by atoms with Crippen LogP contribution in [0.25, 0.3) is 0 Å². The van der Waals surface area contributed by atoms with Gasteiger partial charge in [0.25, 0.3) is 0 Å². The topological polar surface area (TPSA) is 78.9 Å². The maximum absolute atomic E-state index is 12.9. The standard InChI is InChI=1S/C72H140O6/c1-4-7-10-13-16-19-21-23-25-27-29-31-32-33-34-35-36-37-38-39-41-42-44-46-48-50-53-56-59-62-65-71(74)77-68-69(67-76-70(73)64-61-58-55-52-18-15-12-9-6-3)78-72(75)66-63-60-57-54-51-49-47-45-43-40-30-28-26-24-22-20-17-14-11-8-5-2/h69H,4-68H2,1-3H3. The molecule has 0 aromatic carbocycles. The van der Waals surface area contributed by atoms with Gasteiger partial charge in [-0.2, -0.15) is 0 Å². The van der Waals surface area contributed by atoms with E-state index in [1.807, 2.05) is 0 Å². The third-order valence-corrected chi connectivity index (χ3v) is 16.9. The molecule has 0 fully saturated rings. The lowest BCUT2D eigenvalue weighted by Gasteiger charge is -2.18. The highest BCUT2D eigenvalue weighted by molar-refractivity contribution is 5.71. The van der Waals surface area contributed by atoms with Crippen LogP contribution in [0.15, 0.2) is 0 Å². The van der Waals surface area contributed by atoms with E-state index >= 15 is 0 Å². The van der Waals surface area contributed by atoms with E-state index in [0.29, 0.717) is 19.3 Å². The van der Waals surface area contributed by atoms with E-state index in [1.165, 1.54) is 327 Å². The first-order valence-corrected chi connectivity index (χ1v) is 36.0. The lowest BCUT2D eigenvalue weighted by Crippen LogP contribution is -2.30. The van der Waals surface area contributed by atoms with Gasteiger partial charge in [0.15, 0.2) is 6.10 Å². The van der Waals surface area contributed by atoms with Gasteiger partial charge in [-0.3, -0.25) is 14.4 Å². The summed E-state index contributed by atoms with van der Waals surface area (Å²) in [6, 6.07) is 0. The molecule has 0 aromatic rings. The van der Waals surface area contributed by atoms with Crippen LogP contribution < -0.4 is 0 Å². The molecule has 1 atom stereocenters. The molecule has 0 spiro atoms. The van der Waals surface area contributed by atoms with Crippen molar-refractivity contribution in [1.82, 2.24) is 0 Å². The number of carbonyl (C=O) groups excluding carboxylic acids is 3. The Morgan fingerprint density at radius 2 is 0.346 bits per heavy atom. The Morgan fingerprint density at radius 3 is 0.513 bits per heavy atom. The van der Waals surface area contributed by atoms with E-state index in [0.717, 1.165) is 57.8 Å². The molecule has 0 aromatic heterocycles. The molecule has 6 nitrogen and oxygen atoms in total. The van der Waals surface area contributed by atoms with Crippen LogP contribution in [0.1, 0.15) is 425 Å². The molecule has 0 heterocycles. The van der Waals surface area contributed by atoms with E-state index in [-0.39, 0.29) is 31.1 Å². The molecular weight excluding hydrogens is 961 g/mol. The van der Waals surface area contributed by atoms with Crippen molar-refractivity contribution in [3.63, 3.8) is 0 Å². The average molecular weight is 1100 g/mol. The fraction of sp³-hybridized carbons (Fsp3) is 0.958. The van der Waals surface area contributed by atoms with Crippen molar-refractivity contribution in [3.05, 3.63) is 0 Å². The summed E-state index contributed by atoms with van der Waals surface area (Å²) in [5.41, 5.74) is 0. The van der Waals surface area contributed by atoms with Gasteiger partial charge in [0.1, 0.15) is 13.2 Å². The number of rotatable bonds is 68. The van der Waals surface area contributed by atoms with Crippen molar-refractivity contribution in [1.29, 1.82) is 0 Å². The van der Waals surface area contributed by atoms with E-state index in [1.54, 1.807) is 0 Å². The van der Waals surface area contributed by atoms with Gasteiger partial charge in [-0.1, -0.05) is 387 Å². The highest BCUT2D eigenvalue weighted by Crippen LogP contribution is 2.20. The Hall–Kier alpha value is -1.59. The second-order valence-corrected chi connectivity index (χ2v) is 24.9. The summed E-state index contributed by atoms with van der Waals surface area (Å²) < 4.78 is 16.9. The first kappa shape index (κ1) is 76.4. The number of carbonyl (C=O) groups is 3. The molecular formula is C72H140O6. The largest absolute Gasteiger partial charge is 0.462 e. The van der Waals surface area contributed by atoms with Crippen molar-refractivity contribution in [2.75, 3.05) is 13.2 Å². The molecule has 0 aliphatic rings. The molecule has 1 unspecified atom stereocenters. The van der Waals surface area contributed by atoms with Crippen LogP contribution in [0.3, 0.4) is 0 Å². The second kappa shape index (κ2) is 67.9. The zero-order valence-electron chi connectivity index (χ0n) is 53.5. The Bertz CT molecular complexity index is 1170. The van der Waals surface area contributed by atoms with Gasteiger partial charge in [0.05, 0.1) is 0 Å². The predicted molar refractivity (Wildman–Crippen MR) is 340 cm³/mol. The van der Waals surface area contributed by atoms with Crippen LogP contribution in [0.2, 0.25) is 0 Å². The van der Waals surface area contributed by atoms with Crippen LogP contribution in [-0.4, -0.2) is 37.2 Å². The number of ether oxygens (including phenoxy) is 3. The lowest BCUT2D eigenvalue weighted by molar-refractivity contribution is -0.167. The third-order valence-electron chi connectivity index (χ3n) is 16.9. The van der Waals surface area contributed by atoms with Gasteiger partial charge < -0.3 is 14.2 Å². The Kier molecular flexibility index (Phi) is 66.5. The van der Waals surface area contributed by atoms with Crippen molar-refractivity contribution >= 4 is 17.9 Å². The Labute approximate surface area is 488 Å². The van der Waals surface area contributed by atoms with Crippen LogP contribution in [0.5, 0.6) is 0 Å². The van der Waals surface area contributed by atoms with Crippen molar-refractivity contribution in [2.24, 2.45) is 0 Å². The first-order valence-electron chi connectivity index (χ1n) is 36.0. The fourth-order valence-corrected chi connectivity index (χ4v) is 11.5. The van der Waals surface area contributed by atoms with Gasteiger partial charge in [-0.15, -0.1) is 0 Å². The molecule has 78 heavy (non-hydrogen) atoms. The minimum atomic E-state index is -0.762. The number of hydrogen-bond acceptors (Lipinski definition) is 6. The molecule has 464 valence electrons. The molecule has 0 bridgehead atoms. The minimum Gasteiger partial charge on any atom is -0.462 e. The quantitative estimate of drug-likeness (QED) is 0.0343. The van der Waals surface area contributed by atoms with Crippen molar-refractivity contribution in [3.8, 4) is 0 Å². The van der Waals surface area contributed by atoms with Crippen LogP contribution in [0.4, 0.5) is 0 Å². The molecule has 0 aliphatic heterocycles. The zero-order valence-corrected chi connectivity index (χ0v) is 53.5. The van der Waals surface area contributed by atoms with E-state index < -0.39 is 6.10 Å². The van der Waals surface area contributed by atoms with Gasteiger partial charge in [0.2, 0.25) is 0 Å². The molecule has 0 radical (unpaired) electrons. The Balaban J connectivity index is 4.03. The van der Waals surface area contributed by atoms with Gasteiger partial charge in [-0.25, -0.2) is 0 Å². The van der Waals surface area contributed by atoms with E-state index in [4.69, 9.17) is 14.2 Å². The fourth-order valence-electron chi connectivity index (χ4n) is 11.5. The van der Waals surface area contributed by atoms with Crippen LogP contribution >= 0.6 is 0 Å². The number of unbranched alkanes of at least 4 members (excludes halogenated alkanes) is 57. The monoisotopic (exact) mass is 1100 g/mol. The van der Waals surface area contributed by atoms with E-state index in [9.17, 15) is 14.4 Å². The average Bonchev–Trinajstić information content (AvgIpc) is 3.44. The lowest BCUT2D eigenvalue weighted by atomic mass is 10.0. The molecule has 0 saturated heterocycles. The zero-order chi connectivity index (χ0) is 56.4. The van der Waals surface area contributed by atoms with Gasteiger partial charge >= 0.3 is 17.9 Å². The summed E-state index contributed by atoms with van der Waals surface area (Å²) in [6.07, 6.45) is 80.2. The summed E-state index contributed by atoms with van der Waals surface area (Å²) in [7, 11) is 0. The molecule has 0 aliphatic carbocycles. The summed E-state index contributed by atoms with van der Waals surface area (Å²) in [5, 5.41) is 0. The Morgan fingerprint density at radius 1 is 0.205 bits per heavy atom. The summed E-state index contributed by atoms with van der Waals surface area (Å²) in [4.78, 5) is 38.3. The smallest absolute Gasteiger partial charge is 0.306 e. The maximum atomic E-state index is 12.9. The van der Waals surface area contributed by atoms with Crippen molar-refractivity contribution < 1.29 is 28.6 Å². The van der Waals surface area contributed by atoms with Crippen LogP contribution in [-0.2, 0) is 28.6 Å². The van der Waals surface area contributed by atoms with Crippen molar-refractivity contribution in [2.45, 2.75) is 431 Å². The van der Waals surface area contributed by atoms with Gasteiger partial charge in [-0.05, 0) is 19.3 Å². The predicted octanol–water partition coefficient (Wildman–Crippen LogP) is 24.6. The molecule has 0 amide bonds. The molecule has 0 rings (SSSR count). The minimum absolute atomic E-state index is 0.0607. The summed E-state index contributed by atoms with van der Waals surface area (Å²) in [6.45, 7) is 6.72. The number of hydrogen-bond donors (Lipinski definition) is 0. The number of esters is 3. The third kappa shape index (κ3) is 65.2. The molecule has 0 saturated carbocycles. The highest BCUT2D eigenvalue weighted by Gasteiger charge is 2.20. The molecule has 0 N–H and O–H groups in total. The summed E-state index contributed by atoms with van der Waals surface area (Å²) in [5.74, 6) is -0.827. The van der Waals surface area contributed by atoms with Gasteiger partial charge in [0, 0.05) is 19.3 Å². The maximum Gasteiger partial charge on any atom is 0.306 e. The van der Waals surface area contributed by atoms with Crippen LogP contribution in [0, 0.1) is 0 Å².